The van der Waals surface area contributed by atoms with E-state index < -0.39 is 0 Å². The van der Waals surface area contributed by atoms with Crippen molar-refractivity contribution in [1.82, 2.24) is 9.97 Å². The third kappa shape index (κ3) is 4.94. The maximum Gasteiger partial charge on any atom is 0.308 e. The van der Waals surface area contributed by atoms with Gasteiger partial charge in [-0.3, -0.25) is 4.79 Å². The molecule has 6 heteroatoms. The van der Waals surface area contributed by atoms with Gasteiger partial charge in [0, 0.05) is 29.8 Å². The molecule has 1 aromatic carbocycles. The lowest BCUT2D eigenvalue weighted by Gasteiger charge is -2.30. The van der Waals surface area contributed by atoms with Crippen LogP contribution in [0.25, 0.3) is 0 Å². The molecule has 2 aromatic rings. The summed E-state index contributed by atoms with van der Waals surface area (Å²) in [5.74, 6) is 0.901. The second kappa shape index (κ2) is 7.23. The number of ether oxygens (including phenoxy) is 1. The van der Waals surface area contributed by atoms with Gasteiger partial charge >= 0.3 is 5.97 Å². The van der Waals surface area contributed by atoms with Gasteiger partial charge in [0.2, 0.25) is 0 Å². The predicted molar refractivity (Wildman–Crippen MR) is 105 cm³/mol. The number of nitrogens with one attached hydrogen (secondary N) is 1. The highest BCUT2D eigenvalue weighted by atomic mass is 35.5. The molecule has 0 unspecified atom stereocenters. The van der Waals surface area contributed by atoms with Gasteiger partial charge in [0.25, 0.3) is 0 Å². The number of benzene rings is 1. The number of aromatic nitrogens is 2. The quantitative estimate of drug-likeness (QED) is 0.442. The van der Waals surface area contributed by atoms with Crippen LogP contribution in [-0.4, -0.2) is 15.9 Å². The summed E-state index contributed by atoms with van der Waals surface area (Å²) < 4.78 is 5.64. The van der Waals surface area contributed by atoms with Crippen LogP contribution >= 0.6 is 11.6 Å². The number of anilines is 2. The summed E-state index contributed by atoms with van der Waals surface area (Å²) in [6.07, 6.45) is 1.41. The second-order valence-electron chi connectivity index (χ2n) is 8.35. The smallest absolute Gasteiger partial charge is 0.308 e. The van der Waals surface area contributed by atoms with Crippen LogP contribution in [0.4, 0.5) is 11.5 Å². The number of rotatable bonds is 3. The van der Waals surface area contributed by atoms with E-state index in [2.05, 4.69) is 56.8 Å². The van der Waals surface area contributed by atoms with Gasteiger partial charge in [-0.05, 0) is 23.0 Å². The first-order chi connectivity index (χ1) is 11.9. The molecule has 1 heterocycles. The molecule has 0 bridgehead atoms. The molecule has 26 heavy (non-hydrogen) atoms. The number of nitrogens with zero attached hydrogens (tertiary/aromatic N) is 2. The van der Waals surface area contributed by atoms with Gasteiger partial charge in [-0.1, -0.05) is 53.1 Å². The summed E-state index contributed by atoms with van der Waals surface area (Å²) in [6.45, 7) is 14.0. The zero-order valence-electron chi connectivity index (χ0n) is 16.4. The van der Waals surface area contributed by atoms with Crippen LogP contribution in [0.5, 0.6) is 5.75 Å². The van der Waals surface area contributed by atoms with Crippen molar-refractivity contribution in [3.63, 3.8) is 0 Å². The third-order valence-electron chi connectivity index (χ3n) is 3.86. The molecular formula is C20H26ClN3O2. The van der Waals surface area contributed by atoms with Gasteiger partial charge in [0.1, 0.15) is 23.0 Å². The van der Waals surface area contributed by atoms with Gasteiger partial charge in [0.05, 0.1) is 0 Å². The lowest BCUT2D eigenvalue weighted by molar-refractivity contribution is -0.132. The third-order valence-corrected chi connectivity index (χ3v) is 4.06. The summed E-state index contributed by atoms with van der Waals surface area (Å²) in [5.41, 5.74) is 2.31. The molecule has 1 aromatic heterocycles. The molecule has 0 aliphatic heterocycles. The highest BCUT2D eigenvalue weighted by Gasteiger charge is 2.29. The van der Waals surface area contributed by atoms with E-state index in [0.29, 0.717) is 16.7 Å². The van der Waals surface area contributed by atoms with Crippen LogP contribution in [-0.2, 0) is 15.6 Å². The first kappa shape index (κ1) is 20.2. The minimum absolute atomic E-state index is 0.216. The fourth-order valence-corrected chi connectivity index (χ4v) is 2.77. The zero-order chi connectivity index (χ0) is 19.7. The number of hydrogen-bond acceptors (Lipinski definition) is 5. The van der Waals surface area contributed by atoms with Crippen molar-refractivity contribution in [3.05, 3.63) is 40.8 Å². The second-order valence-corrected chi connectivity index (χ2v) is 8.73. The normalized spacial score (nSPS) is 12.0. The Labute approximate surface area is 160 Å². The first-order valence-corrected chi connectivity index (χ1v) is 8.87. The minimum atomic E-state index is -0.329. The molecule has 0 saturated heterocycles. The number of halogens is 1. The Balaban J connectivity index is 2.66. The van der Waals surface area contributed by atoms with Crippen molar-refractivity contribution in [2.75, 3.05) is 5.32 Å². The molecule has 0 aliphatic carbocycles. The average molecular weight is 376 g/mol. The topological polar surface area (TPSA) is 64.1 Å². The van der Waals surface area contributed by atoms with Crippen molar-refractivity contribution in [2.24, 2.45) is 0 Å². The zero-order valence-corrected chi connectivity index (χ0v) is 17.2. The van der Waals surface area contributed by atoms with Gasteiger partial charge in [-0.15, -0.1) is 0 Å². The fraction of sp³-hybridized carbons (Fsp3) is 0.450. The Kier molecular flexibility index (Phi) is 5.61. The Hall–Kier alpha value is -2.14. The summed E-state index contributed by atoms with van der Waals surface area (Å²) in [5, 5.41) is 3.64. The molecule has 1 N–H and O–H groups in total. The highest BCUT2D eigenvalue weighted by molar-refractivity contribution is 6.29. The van der Waals surface area contributed by atoms with Crippen LogP contribution in [0.15, 0.2) is 24.5 Å². The van der Waals surface area contributed by atoms with Crippen LogP contribution in [0.2, 0.25) is 5.15 Å². The standard InChI is InChI=1S/C20H26ClN3O2/c1-12(25)26-18-14(19(2,3)4)8-13(9-15(18)20(5,6)7)24-17-10-16(21)22-11-23-17/h8-11H,1-7H3,(H,22,23,24). The Morgan fingerprint density at radius 2 is 1.54 bits per heavy atom. The van der Waals surface area contributed by atoms with E-state index >= 15 is 0 Å². The molecule has 0 fully saturated rings. The maximum atomic E-state index is 11.7. The summed E-state index contributed by atoms with van der Waals surface area (Å²) in [7, 11) is 0. The van der Waals surface area contributed by atoms with Crippen molar-refractivity contribution in [2.45, 2.75) is 59.3 Å². The summed E-state index contributed by atoms with van der Waals surface area (Å²) in [6, 6.07) is 5.64. The molecule has 0 radical (unpaired) electrons. The molecule has 0 saturated carbocycles. The fourth-order valence-electron chi connectivity index (χ4n) is 2.62. The lowest BCUT2D eigenvalue weighted by atomic mass is 9.79. The van der Waals surface area contributed by atoms with Crippen molar-refractivity contribution in [1.29, 1.82) is 0 Å². The number of esters is 1. The Bertz CT molecular complexity index is 786. The van der Waals surface area contributed by atoms with Gasteiger partial charge < -0.3 is 10.1 Å². The highest BCUT2D eigenvalue weighted by Crippen LogP contribution is 2.42. The van der Waals surface area contributed by atoms with E-state index in [0.717, 1.165) is 16.8 Å². The minimum Gasteiger partial charge on any atom is -0.426 e. The maximum absolute atomic E-state index is 11.7. The molecular weight excluding hydrogens is 350 g/mol. The van der Waals surface area contributed by atoms with Crippen LogP contribution in [0, 0.1) is 0 Å². The first-order valence-electron chi connectivity index (χ1n) is 8.50. The molecule has 140 valence electrons. The summed E-state index contributed by atoms with van der Waals surface area (Å²) in [4.78, 5) is 19.8. The van der Waals surface area contributed by atoms with Crippen LogP contribution < -0.4 is 10.1 Å². The number of carbonyl (C=O) groups is 1. The number of carbonyl (C=O) groups excluding carboxylic acids is 1. The van der Waals surface area contributed by atoms with E-state index in [9.17, 15) is 4.79 Å². The molecule has 0 amide bonds. The number of hydrogen-bond donors (Lipinski definition) is 1. The average Bonchev–Trinajstić information content (AvgIpc) is 2.45. The Morgan fingerprint density at radius 3 is 1.96 bits per heavy atom. The monoisotopic (exact) mass is 375 g/mol. The predicted octanol–water partition coefficient (Wildman–Crippen LogP) is 5.39. The van der Waals surface area contributed by atoms with E-state index in [4.69, 9.17) is 16.3 Å². The van der Waals surface area contributed by atoms with Crippen molar-refractivity contribution in [3.8, 4) is 5.75 Å². The van der Waals surface area contributed by atoms with E-state index in [1.54, 1.807) is 6.07 Å². The molecule has 2 rings (SSSR count). The van der Waals surface area contributed by atoms with Crippen molar-refractivity contribution >= 4 is 29.1 Å². The SMILES string of the molecule is CC(=O)Oc1c(C(C)(C)C)cc(Nc2cc(Cl)ncn2)cc1C(C)(C)C. The van der Waals surface area contributed by atoms with Gasteiger partial charge in [-0.2, -0.15) is 0 Å². The van der Waals surface area contributed by atoms with E-state index in [1.165, 1.54) is 13.3 Å². The van der Waals surface area contributed by atoms with Crippen LogP contribution in [0.1, 0.15) is 59.6 Å². The largest absolute Gasteiger partial charge is 0.426 e. The van der Waals surface area contributed by atoms with Gasteiger partial charge in [0.15, 0.2) is 0 Å². The summed E-state index contributed by atoms with van der Waals surface area (Å²) >= 11 is 5.95. The van der Waals surface area contributed by atoms with E-state index in [1.807, 2.05) is 12.1 Å². The molecule has 0 atom stereocenters. The lowest BCUT2D eigenvalue weighted by Crippen LogP contribution is -2.21. The van der Waals surface area contributed by atoms with Crippen molar-refractivity contribution < 1.29 is 9.53 Å². The van der Waals surface area contributed by atoms with Crippen LogP contribution in [0.3, 0.4) is 0 Å². The Morgan fingerprint density at radius 1 is 1.00 bits per heavy atom. The molecule has 0 spiro atoms. The molecule has 0 aliphatic rings. The molecule has 5 nitrogen and oxygen atoms in total. The van der Waals surface area contributed by atoms with E-state index in [-0.39, 0.29) is 16.8 Å². The van der Waals surface area contributed by atoms with Gasteiger partial charge in [-0.25, -0.2) is 9.97 Å².